The second kappa shape index (κ2) is 7.85. The van der Waals surface area contributed by atoms with Crippen molar-refractivity contribution >= 4 is 46.2 Å². The number of amidine groups is 1. The highest BCUT2D eigenvalue weighted by molar-refractivity contribution is 8.18. The summed E-state index contributed by atoms with van der Waals surface area (Å²) >= 11 is 7.31. The summed E-state index contributed by atoms with van der Waals surface area (Å²) in [6, 6.07) is 10.9. The van der Waals surface area contributed by atoms with Gasteiger partial charge in [0.15, 0.2) is 16.7 Å². The van der Waals surface area contributed by atoms with Crippen molar-refractivity contribution in [2.75, 3.05) is 14.2 Å². The van der Waals surface area contributed by atoms with Crippen molar-refractivity contribution in [2.24, 2.45) is 4.99 Å². The third kappa shape index (κ3) is 4.03. The fraction of sp³-hybridized carbons (Fsp3) is 0.158. The van der Waals surface area contributed by atoms with Crippen LogP contribution in [0.15, 0.2) is 46.3 Å². The minimum atomic E-state index is -0.191. The maximum Gasteiger partial charge on any atom is 0.264 e. The van der Waals surface area contributed by atoms with Gasteiger partial charge in [-0.05, 0) is 60.2 Å². The molecule has 0 radical (unpaired) electrons. The molecule has 2 aromatic rings. The smallest absolute Gasteiger partial charge is 0.264 e. The Hall–Kier alpha value is -2.44. The van der Waals surface area contributed by atoms with Gasteiger partial charge in [0.1, 0.15) is 0 Å². The van der Waals surface area contributed by atoms with Crippen LogP contribution in [0.4, 0.5) is 5.69 Å². The first-order valence-electron chi connectivity index (χ1n) is 7.78. The Bertz CT molecular complexity index is 925. The van der Waals surface area contributed by atoms with E-state index in [0.717, 1.165) is 16.8 Å². The molecule has 1 saturated heterocycles. The largest absolute Gasteiger partial charge is 0.493 e. The molecule has 0 aliphatic carbocycles. The lowest BCUT2D eigenvalue weighted by atomic mass is 10.2. The molecular formula is C19H17ClN2O3S. The van der Waals surface area contributed by atoms with Crippen molar-refractivity contribution in [1.82, 2.24) is 5.32 Å². The van der Waals surface area contributed by atoms with E-state index in [1.54, 1.807) is 32.4 Å². The van der Waals surface area contributed by atoms with Crippen LogP contribution in [-0.4, -0.2) is 25.3 Å². The summed E-state index contributed by atoms with van der Waals surface area (Å²) in [5.41, 5.74) is 2.54. The van der Waals surface area contributed by atoms with Crippen LogP contribution in [-0.2, 0) is 4.79 Å². The number of carbonyl (C=O) groups is 1. The van der Waals surface area contributed by atoms with E-state index in [1.165, 1.54) is 11.8 Å². The van der Waals surface area contributed by atoms with Crippen LogP contribution in [0, 0.1) is 6.92 Å². The first-order valence-corrected chi connectivity index (χ1v) is 8.97. The van der Waals surface area contributed by atoms with Crippen LogP contribution in [0.1, 0.15) is 11.1 Å². The van der Waals surface area contributed by atoms with Gasteiger partial charge in [0.25, 0.3) is 5.91 Å². The summed E-state index contributed by atoms with van der Waals surface area (Å²) in [4.78, 5) is 17.3. The minimum Gasteiger partial charge on any atom is -0.493 e. The minimum absolute atomic E-state index is 0.191. The number of hydrogen-bond donors (Lipinski definition) is 1. The first kappa shape index (κ1) is 18.4. The van der Waals surface area contributed by atoms with Crippen molar-refractivity contribution in [1.29, 1.82) is 0 Å². The molecule has 26 heavy (non-hydrogen) atoms. The van der Waals surface area contributed by atoms with Gasteiger partial charge in [-0.15, -0.1) is 0 Å². The molecule has 7 heteroatoms. The number of nitrogens with zero attached hydrogens (tertiary/aromatic N) is 1. The normalized spacial score (nSPS) is 16.8. The molecule has 1 fully saturated rings. The van der Waals surface area contributed by atoms with Crippen LogP contribution >= 0.6 is 23.4 Å². The number of hydrogen-bond acceptors (Lipinski definition) is 5. The number of halogens is 1. The molecule has 3 rings (SSSR count). The van der Waals surface area contributed by atoms with E-state index < -0.39 is 0 Å². The summed E-state index contributed by atoms with van der Waals surface area (Å²) in [6.07, 6.45) is 1.79. The highest BCUT2D eigenvalue weighted by atomic mass is 35.5. The van der Waals surface area contributed by atoms with E-state index in [2.05, 4.69) is 10.3 Å². The third-order valence-electron chi connectivity index (χ3n) is 3.75. The second-order valence-corrected chi connectivity index (χ2v) is 6.99. The van der Waals surface area contributed by atoms with Gasteiger partial charge >= 0.3 is 0 Å². The Morgan fingerprint density at radius 1 is 1.12 bits per heavy atom. The van der Waals surface area contributed by atoms with Gasteiger partial charge in [-0.2, -0.15) is 0 Å². The standard InChI is InChI=1S/C19H17ClN2O3S/c1-11-4-6-13(20)10-14(11)21-19-22-18(23)17(26-19)9-12-5-7-15(24-2)16(8-12)25-3/h4-10H,1-3H3,(H,21,22,23)/b17-9-. The molecule has 5 nitrogen and oxygen atoms in total. The van der Waals surface area contributed by atoms with Crippen LogP contribution in [0.25, 0.3) is 6.08 Å². The number of benzene rings is 2. The van der Waals surface area contributed by atoms with Crippen LogP contribution < -0.4 is 14.8 Å². The fourth-order valence-corrected chi connectivity index (χ4v) is 3.39. The number of nitrogens with one attached hydrogen (secondary N) is 1. The lowest BCUT2D eigenvalue weighted by molar-refractivity contribution is -0.115. The van der Waals surface area contributed by atoms with Crippen LogP contribution in [0.2, 0.25) is 5.02 Å². The average Bonchev–Trinajstić information content (AvgIpc) is 2.97. The summed E-state index contributed by atoms with van der Waals surface area (Å²) in [7, 11) is 3.15. The molecule has 0 bridgehead atoms. The van der Waals surface area contributed by atoms with E-state index in [-0.39, 0.29) is 5.91 Å². The molecule has 1 aliphatic rings. The maximum atomic E-state index is 12.2. The SMILES string of the molecule is COc1ccc(/C=C2\SC(=Nc3cc(Cl)ccc3C)NC2=O)cc1OC. The van der Waals surface area contributed by atoms with Crippen LogP contribution in [0.3, 0.4) is 0 Å². The van der Waals surface area contributed by atoms with Gasteiger partial charge in [0.05, 0.1) is 24.8 Å². The predicted octanol–water partition coefficient (Wildman–Crippen LogP) is 4.56. The molecule has 134 valence electrons. The molecule has 0 spiro atoms. The highest BCUT2D eigenvalue weighted by Gasteiger charge is 2.24. The van der Waals surface area contributed by atoms with Gasteiger partial charge in [0.2, 0.25) is 0 Å². The van der Waals surface area contributed by atoms with Gasteiger partial charge in [0, 0.05) is 5.02 Å². The quantitative estimate of drug-likeness (QED) is 0.780. The first-order chi connectivity index (χ1) is 12.5. The number of ether oxygens (including phenoxy) is 2. The summed E-state index contributed by atoms with van der Waals surface area (Å²) in [5, 5.41) is 3.90. The Labute approximate surface area is 161 Å². The zero-order valence-electron chi connectivity index (χ0n) is 14.5. The lowest BCUT2D eigenvalue weighted by Gasteiger charge is -2.07. The van der Waals surface area contributed by atoms with E-state index in [9.17, 15) is 4.79 Å². The monoisotopic (exact) mass is 388 g/mol. The molecule has 1 heterocycles. The molecule has 0 atom stereocenters. The third-order valence-corrected chi connectivity index (χ3v) is 4.89. The van der Waals surface area contributed by atoms with Crippen molar-refractivity contribution in [3.8, 4) is 11.5 Å². The zero-order valence-corrected chi connectivity index (χ0v) is 16.1. The summed E-state index contributed by atoms with van der Waals surface area (Å²) in [6.45, 7) is 1.94. The summed E-state index contributed by atoms with van der Waals surface area (Å²) in [5.74, 6) is 1.05. The van der Waals surface area contributed by atoms with E-state index in [0.29, 0.717) is 26.6 Å². The number of thioether (sulfide) groups is 1. The van der Waals surface area contributed by atoms with Crippen molar-refractivity contribution in [2.45, 2.75) is 6.92 Å². The van der Waals surface area contributed by atoms with E-state index in [1.807, 2.05) is 31.2 Å². The Balaban J connectivity index is 1.87. The predicted molar refractivity (Wildman–Crippen MR) is 107 cm³/mol. The fourth-order valence-electron chi connectivity index (χ4n) is 2.39. The van der Waals surface area contributed by atoms with E-state index in [4.69, 9.17) is 21.1 Å². The molecule has 1 N–H and O–H groups in total. The average molecular weight is 389 g/mol. The Morgan fingerprint density at radius 3 is 2.62 bits per heavy atom. The zero-order chi connectivity index (χ0) is 18.7. The number of aliphatic imine (C=N–C) groups is 1. The molecule has 0 unspecified atom stereocenters. The van der Waals surface area contributed by atoms with Crippen molar-refractivity contribution in [3.63, 3.8) is 0 Å². The Kier molecular flexibility index (Phi) is 5.54. The lowest BCUT2D eigenvalue weighted by Crippen LogP contribution is -2.19. The number of methoxy groups -OCH3 is 2. The summed E-state index contributed by atoms with van der Waals surface area (Å²) < 4.78 is 10.5. The van der Waals surface area contributed by atoms with Crippen LogP contribution in [0.5, 0.6) is 11.5 Å². The molecule has 0 aromatic heterocycles. The van der Waals surface area contributed by atoms with Gasteiger partial charge < -0.3 is 14.8 Å². The Morgan fingerprint density at radius 2 is 1.88 bits per heavy atom. The van der Waals surface area contributed by atoms with Gasteiger partial charge in [-0.3, -0.25) is 4.79 Å². The van der Waals surface area contributed by atoms with Crippen molar-refractivity contribution < 1.29 is 14.3 Å². The molecular weight excluding hydrogens is 372 g/mol. The molecule has 1 aliphatic heterocycles. The topological polar surface area (TPSA) is 59.9 Å². The molecule has 2 aromatic carbocycles. The van der Waals surface area contributed by atoms with E-state index >= 15 is 0 Å². The second-order valence-electron chi connectivity index (χ2n) is 5.53. The number of carbonyl (C=O) groups excluding carboxylic acids is 1. The molecule has 1 amide bonds. The molecule has 0 saturated carbocycles. The number of amides is 1. The van der Waals surface area contributed by atoms with Crippen molar-refractivity contribution in [3.05, 3.63) is 57.5 Å². The van der Waals surface area contributed by atoms with Gasteiger partial charge in [-0.1, -0.05) is 23.7 Å². The number of aryl methyl sites for hydroxylation is 1. The maximum absolute atomic E-state index is 12.2. The highest BCUT2D eigenvalue weighted by Crippen LogP contribution is 2.32. The van der Waals surface area contributed by atoms with Gasteiger partial charge in [-0.25, -0.2) is 4.99 Å². The number of rotatable bonds is 4.